The van der Waals surface area contributed by atoms with Gasteiger partial charge in [-0.1, -0.05) is 55.1 Å². The zero-order chi connectivity index (χ0) is 22.1. The van der Waals surface area contributed by atoms with Crippen molar-refractivity contribution in [3.05, 3.63) is 103 Å². The summed E-state index contributed by atoms with van der Waals surface area (Å²) in [5, 5.41) is 3.01. The van der Waals surface area contributed by atoms with Gasteiger partial charge in [0.15, 0.2) is 17.2 Å². The standard InChI is InChI=1S/C27H17FO3S/c1-2-25(29)30-22-9-5-6-10-23(22)31-26-21-14-13-20(28)16-24(21)32-27(26)19-12-11-17-7-3-4-8-18(17)15-19/h2-16H,1H2. The van der Waals surface area contributed by atoms with Gasteiger partial charge in [-0.3, -0.25) is 0 Å². The number of hydrogen-bond donors (Lipinski definition) is 0. The second-order valence-corrected chi connectivity index (χ2v) is 8.19. The average molecular weight is 440 g/mol. The quantitative estimate of drug-likeness (QED) is 0.159. The van der Waals surface area contributed by atoms with Crippen LogP contribution in [0.5, 0.6) is 17.2 Å². The lowest BCUT2D eigenvalue weighted by molar-refractivity contribution is -0.129. The van der Waals surface area contributed by atoms with Crippen LogP contribution in [0.2, 0.25) is 0 Å². The van der Waals surface area contributed by atoms with E-state index in [1.165, 1.54) is 23.5 Å². The van der Waals surface area contributed by atoms with Crippen LogP contribution >= 0.6 is 11.3 Å². The van der Waals surface area contributed by atoms with Crippen molar-refractivity contribution >= 4 is 38.2 Å². The Morgan fingerprint density at radius 3 is 2.44 bits per heavy atom. The molecule has 4 aromatic carbocycles. The molecule has 0 radical (unpaired) electrons. The van der Waals surface area contributed by atoms with Crippen molar-refractivity contribution in [1.82, 2.24) is 0 Å². The van der Waals surface area contributed by atoms with E-state index in [2.05, 4.69) is 30.8 Å². The number of hydrogen-bond acceptors (Lipinski definition) is 4. The lowest BCUT2D eigenvalue weighted by Gasteiger charge is -2.12. The first kappa shape index (κ1) is 20.0. The van der Waals surface area contributed by atoms with Crippen molar-refractivity contribution in [2.24, 2.45) is 0 Å². The number of ether oxygens (including phenoxy) is 2. The topological polar surface area (TPSA) is 35.5 Å². The third-order valence-electron chi connectivity index (χ3n) is 5.06. The maximum Gasteiger partial charge on any atom is 0.335 e. The Morgan fingerprint density at radius 1 is 0.875 bits per heavy atom. The Labute approximate surface area is 188 Å². The first-order chi connectivity index (χ1) is 15.6. The molecule has 0 aliphatic carbocycles. The van der Waals surface area contributed by atoms with Crippen molar-refractivity contribution < 1.29 is 18.7 Å². The summed E-state index contributed by atoms with van der Waals surface area (Å²) in [6.07, 6.45) is 1.10. The molecule has 0 aliphatic rings. The van der Waals surface area contributed by atoms with Crippen LogP contribution in [-0.2, 0) is 4.79 Å². The van der Waals surface area contributed by atoms with Gasteiger partial charge in [0.1, 0.15) is 5.82 Å². The molecule has 156 valence electrons. The minimum absolute atomic E-state index is 0.281. The number of benzene rings is 4. The van der Waals surface area contributed by atoms with Crippen molar-refractivity contribution in [2.45, 2.75) is 0 Å². The molecular weight excluding hydrogens is 423 g/mol. The van der Waals surface area contributed by atoms with E-state index in [1.54, 1.807) is 30.3 Å². The maximum atomic E-state index is 14.0. The molecule has 1 heterocycles. The van der Waals surface area contributed by atoms with Gasteiger partial charge in [-0.05, 0) is 52.7 Å². The van der Waals surface area contributed by atoms with Gasteiger partial charge in [-0.15, -0.1) is 11.3 Å². The molecule has 0 spiro atoms. The summed E-state index contributed by atoms with van der Waals surface area (Å²) >= 11 is 1.45. The molecule has 3 nitrogen and oxygen atoms in total. The lowest BCUT2D eigenvalue weighted by atomic mass is 10.1. The zero-order valence-electron chi connectivity index (χ0n) is 16.9. The van der Waals surface area contributed by atoms with Crippen molar-refractivity contribution in [2.75, 3.05) is 0 Å². The third-order valence-corrected chi connectivity index (χ3v) is 6.24. The van der Waals surface area contributed by atoms with Gasteiger partial charge in [-0.2, -0.15) is 0 Å². The number of carbonyl (C=O) groups is 1. The summed E-state index contributed by atoms with van der Waals surface area (Å²) in [5.74, 6) is 0.364. The van der Waals surface area contributed by atoms with Gasteiger partial charge < -0.3 is 9.47 Å². The number of esters is 1. The maximum absolute atomic E-state index is 14.0. The summed E-state index contributed by atoms with van der Waals surface area (Å²) in [4.78, 5) is 12.6. The number of carbonyl (C=O) groups excluding carboxylic acids is 1. The van der Waals surface area contributed by atoms with Crippen LogP contribution in [0.4, 0.5) is 4.39 Å². The van der Waals surface area contributed by atoms with Crippen molar-refractivity contribution in [3.8, 4) is 27.7 Å². The highest BCUT2D eigenvalue weighted by molar-refractivity contribution is 7.22. The highest BCUT2D eigenvalue weighted by atomic mass is 32.1. The van der Waals surface area contributed by atoms with E-state index in [0.29, 0.717) is 11.5 Å². The van der Waals surface area contributed by atoms with Crippen LogP contribution in [0.15, 0.2) is 97.6 Å². The van der Waals surface area contributed by atoms with E-state index < -0.39 is 5.97 Å². The van der Waals surface area contributed by atoms with E-state index in [0.717, 1.165) is 37.4 Å². The minimum Gasteiger partial charge on any atom is -0.451 e. The summed E-state index contributed by atoms with van der Waals surface area (Å²) in [6, 6.07) is 25.8. The van der Waals surface area contributed by atoms with Crippen LogP contribution in [0.25, 0.3) is 31.3 Å². The fourth-order valence-corrected chi connectivity index (χ4v) is 4.70. The van der Waals surface area contributed by atoms with Crippen molar-refractivity contribution in [3.63, 3.8) is 0 Å². The Kier molecular flexibility index (Phi) is 5.17. The average Bonchev–Trinajstić information content (AvgIpc) is 3.17. The number of fused-ring (bicyclic) bond motifs is 2. The molecule has 0 amide bonds. The van der Waals surface area contributed by atoms with Gasteiger partial charge in [0.25, 0.3) is 0 Å². The van der Waals surface area contributed by atoms with E-state index in [4.69, 9.17) is 9.47 Å². The fourth-order valence-electron chi connectivity index (χ4n) is 3.55. The molecular formula is C27H17FO3S. The molecule has 0 N–H and O–H groups in total. The summed E-state index contributed by atoms with van der Waals surface area (Å²) in [6.45, 7) is 3.44. The van der Waals surface area contributed by atoms with Crippen LogP contribution in [0, 0.1) is 5.82 Å². The normalized spacial score (nSPS) is 10.9. The third kappa shape index (κ3) is 3.74. The Balaban J connectivity index is 1.67. The fraction of sp³-hybridized carbons (Fsp3) is 0. The number of para-hydroxylation sites is 2. The molecule has 5 aromatic rings. The molecule has 1 aromatic heterocycles. The van der Waals surface area contributed by atoms with Gasteiger partial charge >= 0.3 is 5.97 Å². The molecule has 0 bridgehead atoms. The highest BCUT2D eigenvalue weighted by Crippen LogP contribution is 2.48. The Morgan fingerprint density at radius 2 is 1.62 bits per heavy atom. The van der Waals surface area contributed by atoms with Crippen LogP contribution in [-0.4, -0.2) is 5.97 Å². The first-order valence-corrected chi connectivity index (χ1v) is 10.8. The molecule has 0 atom stereocenters. The van der Waals surface area contributed by atoms with E-state index >= 15 is 0 Å². The van der Waals surface area contributed by atoms with Crippen LogP contribution in [0.3, 0.4) is 0 Å². The van der Waals surface area contributed by atoms with Gasteiger partial charge in [0.05, 0.1) is 4.88 Å². The largest absolute Gasteiger partial charge is 0.451 e. The summed E-state index contributed by atoms with van der Waals surface area (Å²) < 4.78 is 26.4. The predicted octanol–water partition coefficient (Wildman–Crippen LogP) is 7.74. The van der Waals surface area contributed by atoms with Gasteiger partial charge in [0.2, 0.25) is 0 Å². The van der Waals surface area contributed by atoms with Crippen LogP contribution in [0.1, 0.15) is 0 Å². The monoisotopic (exact) mass is 440 g/mol. The Bertz CT molecular complexity index is 1490. The molecule has 0 fully saturated rings. The molecule has 5 rings (SSSR count). The molecule has 0 aliphatic heterocycles. The highest BCUT2D eigenvalue weighted by Gasteiger charge is 2.19. The van der Waals surface area contributed by atoms with Crippen LogP contribution < -0.4 is 9.47 Å². The second-order valence-electron chi connectivity index (χ2n) is 7.14. The predicted molar refractivity (Wildman–Crippen MR) is 127 cm³/mol. The number of rotatable bonds is 5. The molecule has 0 unspecified atom stereocenters. The number of halogens is 1. The van der Waals surface area contributed by atoms with Gasteiger partial charge in [0, 0.05) is 16.2 Å². The van der Waals surface area contributed by atoms with Crippen molar-refractivity contribution in [1.29, 1.82) is 0 Å². The van der Waals surface area contributed by atoms with E-state index in [-0.39, 0.29) is 11.6 Å². The number of thiophene rings is 1. The van der Waals surface area contributed by atoms with Gasteiger partial charge in [-0.25, -0.2) is 9.18 Å². The van der Waals surface area contributed by atoms with E-state index in [9.17, 15) is 9.18 Å². The SMILES string of the molecule is C=CC(=O)Oc1ccccc1Oc1c(-c2ccc3ccccc3c2)sc2cc(F)ccc12. The Hall–Kier alpha value is -3.96. The lowest BCUT2D eigenvalue weighted by Crippen LogP contribution is -2.04. The first-order valence-electron chi connectivity index (χ1n) is 9.95. The summed E-state index contributed by atoms with van der Waals surface area (Å²) in [5.41, 5.74) is 0.959. The molecule has 0 saturated carbocycles. The smallest absolute Gasteiger partial charge is 0.335 e. The molecule has 0 saturated heterocycles. The van der Waals surface area contributed by atoms with E-state index in [1.807, 2.05) is 18.2 Å². The zero-order valence-corrected chi connectivity index (χ0v) is 17.7. The molecule has 32 heavy (non-hydrogen) atoms. The molecule has 5 heteroatoms. The summed E-state index contributed by atoms with van der Waals surface area (Å²) in [7, 11) is 0. The second kappa shape index (κ2) is 8.29. The minimum atomic E-state index is -0.576.